The predicted molar refractivity (Wildman–Crippen MR) is 79.9 cm³/mol. The van der Waals surface area contributed by atoms with Crippen LogP contribution in [0.25, 0.3) is 0 Å². The molecule has 1 N–H and O–H groups in total. The zero-order valence-electron chi connectivity index (χ0n) is 11.6. The first-order valence-corrected chi connectivity index (χ1v) is 6.76. The molecule has 2 rings (SSSR count). The maximum absolute atomic E-state index is 10.5. The van der Waals surface area contributed by atoms with E-state index < -0.39 is 4.92 Å². The number of hydrogen-bond acceptors (Lipinski definition) is 5. The van der Waals surface area contributed by atoms with Crippen molar-refractivity contribution in [2.45, 2.75) is 26.5 Å². The Balaban J connectivity index is 1.99. The quantitative estimate of drug-likeness (QED) is 0.637. The van der Waals surface area contributed by atoms with E-state index in [0.717, 1.165) is 5.69 Å². The molecular weight excluding hydrogens is 296 g/mol. The van der Waals surface area contributed by atoms with Crippen LogP contribution in [0.1, 0.15) is 19.6 Å². The molecule has 21 heavy (non-hydrogen) atoms. The van der Waals surface area contributed by atoms with Crippen molar-refractivity contribution in [3.8, 4) is 5.75 Å². The van der Waals surface area contributed by atoms with Gasteiger partial charge in [-0.2, -0.15) is 0 Å². The summed E-state index contributed by atoms with van der Waals surface area (Å²) in [5, 5.41) is 14.1. The van der Waals surface area contributed by atoms with Crippen LogP contribution in [0, 0.1) is 10.1 Å². The molecule has 0 spiro atoms. The first kappa shape index (κ1) is 15.2. The summed E-state index contributed by atoms with van der Waals surface area (Å²) < 4.78 is 10.6. The van der Waals surface area contributed by atoms with Gasteiger partial charge in [0.05, 0.1) is 23.7 Å². The molecule has 6 nitrogen and oxygen atoms in total. The molecule has 0 bridgehead atoms. The van der Waals surface area contributed by atoms with E-state index in [0.29, 0.717) is 23.1 Å². The minimum atomic E-state index is -0.571. The number of benzene rings is 1. The van der Waals surface area contributed by atoms with Crippen LogP contribution in [-0.4, -0.2) is 11.0 Å². The molecule has 0 amide bonds. The van der Waals surface area contributed by atoms with Crippen LogP contribution < -0.4 is 10.1 Å². The molecule has 0 fully saturated rings. The van der Waals surface area contributed by atoms with Crippen molar-refractivity contribution in [3.63, 3.8) is 0 Å². The number of nitro groups is 1. The van der Waals surface area contributed by atoms with E-state index in [1.54, 1.807) is 18.2 Å². The number of hydrogen-bond donors (Lipinski definition) is 1. The van der Waals surface area contributed by atoms with Crippen molar-refractivity contribution in [1.82, 2.24) is 0 Å². The summed E-state index contributed by atoms with van der Waals surface area (Å²) in [6.07, 6.45) is 0.0463. The maximum atomic E-state index is 10.5. The summed E-state index contributed by atoms with van der Waals surface area (Å²) in [7, 11) is 0. The van der Waals surface area contributed by atoms with Crippen LogP contribution in [0.5, 0.6) is 5.75 Å². The van der Waals surface area contributed by atoms with Gasteiger partial charge in [0, 0.05) is 5.69 Å². The molecule has 2 aromatic rings. The number of ether oxygens (including phenoxy) is 1. The van der Waals surface area contributed by atoms with Crippen LogP contribution in [-0.2, 0) is 6.54 Å². The summed E-state index contributed by atoms with van der Waals surface area (Å²) >= 11 is 6.12. The lowest BCUT2D eigenvalue weighted by Crippen LogP contribution is -2.06. The van der Waals surface area contributed by atoms with Crippen LogP contribution in [0.3, 0.4) is 0 Å². The monoisotopic (exact) mass is 310 g/mol. The summed E-state index contributed by atoms with van der Waals surface area (Å²) in [5.41, 5.74) is 0.773. The van der Waals surface area contributed by atoms with Gasteiger partial charge in [0.15, 0.2) is 0 Å². The number of furan rings is 1. The summed E-state index contributed by atoms with van der Waals surface area (Å²) in [5.74, 6) is 0.816. The number of anilines is 1. The number of nitrogens with one attached hydrogen (secondary N) is 1. The van der Waals surface area contributed by atoms with E-state index >= 15 is 0 Å². The predicted octanol–water partition coefficient (Wildman–Crippen LogP) is 4.24. The normalized spacial score (nSPS) is 10.7. The highest BCUT2D eigenvalue weighted by molar-refractivity contribution is 6.32. The highest BCUT2D eigenvalue weighted by Gasteiger charge is 2.11. The smallest absolute Gasteiger partial charge is 0.433 e. The first-order chi connectivity index (χ1) is 9.95. The molecule has 0 aliphatic heterocycles. The maximum Gasteiger partial charge on any atom is 0.433 e. The van der Waals surface area contributed by atoms with Crippen molar-refractivity contribution >= 4 is 23.2 Å². The van der Waals surface area contributed by atoms with E-state index in [4.69, 9.17) is 20.8 Å². The van der Waals surface area contributed by atoms with Crippen LogP contribution in [0.2, 0.25) is 5.02 Å². The van der Waals surface area contributed by atoms with Gasteiger partial charge in [0.2, 0.25) is 0 Å². The number of nitrogens with zero attached hydrogens (tertiary/aromatic N) is 1. The van der Waals surface area contributed by atoms with Crippen molar-refractivity contribution in [2.75, 3.05) is 5.32 Å². The third kappa shape index (κ3) is 4.13. The van der Waals surface area contributed by atoms with Crippen molar-refractivity contribution in [2.24, 2.45) is 0 Å². The molecule has 0 saturated carbocycles. The van der Waals surface area contributed by atoms with Gasteiger partial charge in [-0.25, -0.2) is 0 Å². The molecule has 7 heteroatoms. The third-order valence-electron chi connectivity index (χ3n) is 2.59. The van der Waals surface area contributed by atoms with Crippen LogP contribution >= 0.6 is 11.6 Å². The van der Waals surface area contributed by atoms with Gasteiger partial charge in [-0.05, 0) is 38.1 Å². The molecule has 1 heterocycles. The SMILES string of the molecule is CC(C)Oc1ccc(NCc2ccc([N+](=O)[O-])o2)cc1Cl. The summed E-state index contributed by atoms with van der Waals surface area (Å²) in [4.78, 5) is 9.95. The zero-order valence-corrected chi connectivity index (χ0v) is 12.4. The van der Waals surface area contributed by atoms with E-state index in [1.165, 1.54) is 6.07 Å². The molecule has 0 radical (unpaired) electrons. The second kappa shape index (κ2) is 6.49. The first-order valence-electron chi connectivity index (χ1n) is 6.39. The average molecular weight is 311 g/mol. The number of halogens is 1. The molecule has 0 atom stereocenters. The molecule has 0 aliphatic carbocycles. The zero-order chi connectivity index (χ0) is 15.4. The van der Waals surface area contributed by atoms with Gasteiger partial charge in [0.25, 0.3) is 0 Å². The lowest BCUT2D eigenvalue weighted by molar-refractivity contribution is -0.402. The van der Waals surface area contributed by atoms with Gasteiger partial charge in [-0.15, -0.1) is 0 Å². The Morgan fingerprint density at radius 1 is 1.38 bits per heavy atom. The molecule has 1 aromatic heterocycles. The molecule has 0 saturated heterocycles. The molecule has 0 aliphatic rings. The Kier molecular flexibility index (Phi) is 4.70. The highest BCUT2D eigenvalue weighted by atomic mass is 35.5. The summed E-state index contributed by atoms with van der Waals surface area (Å²) in [6.45, 7) is 4.17. The Bertz CT molecular complexity index is 640. The minimum Gasteiger partial charge on any atom is -0.489 e. The van der Waals surface area contributed by atoms with E-state index in [2.05, 4.69) is 5.32 Å². The molecule has 112 valence electrons. The van der Waals surface area contributed by atoms with Gasteiger partial charge in [-0.3, -0.25) is 10.1 Å². The van der Waals surface area contributed by atoms with Crippen molar-refractivity contribution in [3.05, 3.63) is 51.2 Å². The molecule has 1 aromatic carbocycles. The topological polar surface area (TPSA) is 77.5 Å². The lowest BCUT2D eigenvalue weighted by Gasteiger charge is -2.12. The Labute approximate surface area is 126 Å². The second-order valence-electron chi connectivity index (χ2n) is 4.66. The minimum absolute atomic E-state index is 0.0463. The van der Waals surface area contributed by atoms with E-state index in [1.807, 2.05) is 19.9 Å². The Hall–Kier alpha value is -2.21. The Morgan fingerprint density at radius 2 is 2.14 bits per heavy atom. The second-order valence-corrected chi connectivity index (χ2v) is 5.07. The van der Waals surface area contributed by atoms with E-state index in [9.17, 15) is 10.1 Å². The van der Waals surface area contributed by atoms with Crippen LogP contribution in [0.15, 0.2) is 34.7 Å². The average Bonchev–Trinajstić information content (AvgIpc) is 2.88. The standard InChI is InChI=1S/C14H15ClN2O4/c1-9(2)20-13-5-3-10(7-12(13)15)16-8-11-4-6-14(21-11)17(18)19/h3-7,9,16H,8H2,1-2H3. The van der Waals surface area contributed by atoms with Crippen LogP contribution in [0.4, 0.5) is 11.6 Å². The summed E-state index contributed by atoms with van der Waals surface area (Å²) in [6, 6.07) is 8.21. The fourth-order valence-corrected chi connectivity index (χ4v) is 1.93. The highest BCUT2D eigenvalue weighted by Crippen LogP contribution is 2.28. The Morgan fingerprint density at radius 3 is 2.71 bits per heavy atom. The third-order valence-corrected chi connectivity index (χ3v) is 2.88. The fraction of sp³-hybridized carbons (Fsp3) is 0.286. The van der Waals surface area contributed by atoms with Gasteiger partial charge < -0.3 is 14.5 Å². The van der Waals surface area contributed by atoms with E-state index in [-0.39, 0.29) is 12.0 Å². The number of rotatable bonds is 6. The van der Waals surface area contributed by atoms with Gasteiger partial charge in [0.1, 0.15) is 16.4 Å². The van der Waals surface area contributed by atoms with Crippen molar-refractivity contribution in [1.29, 1.82) is 0 Å². The molecule has 0 unspecified atom stereocenters. The van der Waals surface area contributed by atoms with Crippen molar-refractivity contribution < 1.29 is 14.1 Å². The molecular formula is C14H15ClN2O4. The van der Waals surface area contributed by atoms with Gasteiger partial charge in [-0.1, -0.05) is 11.6 Å². The van der Waals surface area contributed by atoms with Gasteiger partial charge >= 0.3 is 5.88 Å². The largest absolute Gasteiger partial charge is 0.489 e. The lowest BCUT2D eigenvalue weighted by atomic mass is 10.3. The fourth-order valence-electron chi connectivity index (χ4n) is 1.71.